The first-order valence-corrected chi connectivity index (χ1v) is 4.67. The molecule has 1 aliphatic rings. The number of rotatable bonds is 1. The second-order valence-corrected chi connectivity index (χ2v) is 3.48. The lowest BCUT2D eigenvalue weighted by molar-refractivity contribution is -0.129. The Hall–Kier alpha value is -1.85. The molecule has 80 valence electrons. The third kappa shape index (κ3) is 1.98. The molecule has 1 fully saturated rings. The number of carbonyl (C=O) groups excluding carboxylic acids is 1. The summed E-state index contributed by atoms with van der Waals surface area (Å²) in [4.78, 5) is 22.8. The van der Waals surface area contributed by atoms with Crippen LogP contribution in [-0.2, 0) is 4.79 Å². The van der Waals surface area contributed by atoms with Gasteiger partial charge in [0.25, 0.3) is 0 Å². The van der Waals surface area contributed by atoms with Crippen LogP contribution in [0.4, 0.5) is 5.95 Å². The molecule has 2 rings (SSSR count). The summed E-state index contributed by atoms with van der Waals surface area (Å²) in [6, 6.07) is 0. The summed E-state index contributed by atoms with van der Waals surface area (Å²) >= 11 is 0. The van der Waals surface area contributed by atoms with Crippen LogP contribution in [0.15, 0.2) is 12.4 Å². The van der Waals surface area contributed by atoms with Gasteiger partial charge < -0.3 is 14.9 Å². The zero-order valence-electron chi connectivity index (χ0n) is 8.42. The number of nitrogens with zero attached hydrogens (tertiary/aromatic N) is 4. The highest BCUT2D eigenvalue weighted by Crippen LogP contribution is 2.12. The Bertz CT molecular complexity index is 365. The Morgan fingerprint density at radius 1 is 1.33 bits per heavy atom. The first-order valence-electron chi connectivity index (χ1n) is 4.67. The molecule has 0 radical (unpaired) electrons. The topological polar surface area (TPSA) is 69.6 Å². The van der Waals surface area contributed by atoms with Crippen LogP contribution in [0.3, 0.4) is 0 Å². The number of anilines is 1. The molecule has 0 aliphatic carbocycles. The first kappa shape index (κ1) is 9.70. The Morgan fingerprint density at radius 2 is 2.00 bits per heavy atom. The predicted molar refractivity (Wildman–Crippen MR) is 53.5 cm³/mol. The minimum Gasteiger partial charge on any atom is -0.505 e. The number of likely N-dealkylation sites (N-methyl/N-ethyl adjacent to an activating group) is 1. The van der Waals surface area contributed by atoms with Gasteiger partial charge in [-0.25, -0.2) is 9.97 Å². The SMILES string of the molecule is CN1CCN(c2ncc(O)cn2)CC1=O. The number of amides is 1. The number of piperazine rings is 1. The normalized spacial score (nSPS) is 17.0. The molecule has 0 saturated carbocycles. The van der Waals surface area contributed by atoms with Crippen LogP contribution in [-0.4, -0.2) is 52.6 Å². The van der Waals surface area contributed by atoms with Gasteiger partial charge in [0.1, 0.15) is 0 Å². The molecule has 1 saturated heterocycles. The molecule has 15 heavy (non-hydrogen) atoms. The van der Waals surface area contributed by atoms with Crippen molar-refractivity contribution in [1.29, 1.82) is 0 Å². The third-order valence-corrected chi connectivity index (χ3v) is 2.36. The van der Waals surface area contributed by atoms with Crippen molar-refractivity contribution in [3.63, 3.8) is 0 Å². The van der Waals surface area contributed by atoms with E-state index in [9.17, 15) is 4.79 Å². The lowest BCUT2D eigenvalue weighted by Crippen LogP contribution is -2.49. The van der Waals surface area contributed by atoms with E-state index < -0.39 is 0 Å². The summed E-state index contributed by atoms with van der Waals surface area (Å²) in [6.07, 6.45) is 2.65. The van der Waals surface area contributed by atoms with E-state index in [1.165, 1.54) is 12.4 Å². The smallest absolute Gasteiger partial charge is 0.242 e. The zero-order valence-corrected chi connectivity index (χ0v) is 8.42. The van der Waals surface area contributed by atoms with Gasteiger partial charge in [0.2, 0.25) is 11.9 Å². The first-order chi connectivity index (χ1) is 7.16. The molecule has 0 bridgehead atoms. The number of hydrogen-bond acceptors (Lipinski definition) is 5. The second-order valence-electron chi connectivity index (χ2n) is 3.48. The Kier molecular flexibility index (Phi) is 2.40. The van der Waals surface area contributed by atoms with Gasteiger partial charge in [0.15, 0.2) is 5.75 Å². The largest absolute Gasteiger partial charge is 0.505 e. The molecule has 0 atom stereocenters. The van der Waals surface area contributed by atoms with Gasteiger partial charge in [0, 0.05) is 20.1 Å². The molecule has 2 heterocycles. The monoisotopic (exact) mass is 208 g/mol. The van der Waals surface area contributed by atoms with E-state index in [4.69, 9.17) is 5.11 Å². The molecule has 0 spiro atoms. The van der Waals surface area contributed by atoms with E-state index in [0.29, 0.717) is 25.6 Å². The van der Waals surface area contributed by atoms with E-state index in [1.807, 2.05) is 0 Å². The van der Waals surface area contributed by atoms with E-state index in [-0.39, 0.29) is 11.7 Å². The van der Waals surface area contributed by atoms with Crippen LogP contribution in [0.5, 0.6) is 5.75 Å². The van der Waals surface area contributed by atoms with Crippen LogP contribution in [0.1, 0.15) is 0 Å². The summed E-state index contributed by atoms with van der Waals surface area (Å²) in [5.41, 5.74) is 0. The summed E-state index contributed by atoms with van der Waals surface area (Å²) in [6.45, 7) is 1.68. The van der Waals surface area contributed by atoms with E-state index >= 15 is 0 Å². The predicted octanol–water partition coefficient (Wildman–Crippen LogP) is -0.539. The minimum atomic E-state index is 0.0270. The number of aromatic nitrogens is 2. The lowest BCUT2D eigenvalue weighted by Gasteiger charge is -2.31. The maximum atomic E-state index is 11.4. The van der Waals surface area contributed by atoms with Crippen molar-refractivity contribution in [3.8, 4) is 5.75 Å². The number of carbonyl (C=O) groups is 1. The molecule has 1 aromatic heterocycles. The summed E-state index contributed by atoms with van der Waals surface area (Å²) < 4.78 is 0. The van der Waals surface area contributed by atoms with Gasteiger partial charge in [-0.3, -0.25) is 4.79 Å². The highest BCUT2D eigenvalue weighted by Gasteiger charge is 2.22. The maximum absolute atomic E-state index is 11.4. The average molecular weight is 208 g/mol. The van der Waals surface area contributed by atoms with Crippen molar-refractivity contribution in [2.45, 2.75) is 0 Å². The molecule has 0 aromatic carbocycles. The van der Waals surface area contributed by atoms with E-state index in [1.54, 1.807) is 16.8 Å². The van der Waals surface area contributed by atoms with Gasteiger partial charge in [-0.15, -0.1) is 0 Å². The molecule has 1 aromatic rings. The minimum absolute atomic E-state index is 0.0270. The van der Waals surface area contributed by atoms with Crippen molar-refractivity contribution in [2.24, 2.45) is 0 Å². The van der Waals surface area contributed by atoms with Gasteiger partial charge in [-0.2, -0.15) is 0 Å². The van der Waals surface area contributed by atoms with Gasteiger partial charge in [0.05, 0.1) is 18.9 Å². The summed E-state index contributed by atoms with van der Waals surface area (Å²) in [5.74, 6) is 0.561. The molecule has 6 nitrogen and oxygen atoms in total. The number of aromatic hydroxyl groups is 1. The third-order valence-electron chi connectivity index (χ3n) is 2.36. The van der Waals surface area contributed by atoms with E-state index in [0.717, 1.165) is 0 Å². The van der Waals surface area contributed by atoms with Crippen LogP contribution in [0, 0.1) is 0 Å². The Balaban J connectivity index is 2.12. The quantitative estimate of drug-likeness (QED) is 0.671. The van der Waals surface area contributed by atoms with Crippen molar-refractivity contribution in [1.82, 2.24) is 14.9 Å². The van der Waals surface area contributed by atoms with Crippen LogP contribution >= 0.6 is 0 Å². The van der Waals surface area contributed by atoms with Crippen LogP contribution in [0.25, 0.3) is 0 Å². The maximum Gasteiger partial charge on any atom is 0.242 e. The highest BCUT2D eigenvalue weighted by atomic mass is 16.3. The molecule has 1 amide bonds. The van der Waals surface area contributed by atoms with Gasteiger partial charge in [-0.05, 0) is 0 Å². The van der Waals surface area contributed by atoms with Crippen molar-refractivity contribution in [2.75, 3.05) is 31.6 Å². The van der Waals surface area contributed by atoms with Gasteiger partial charge >= 0.3 is 0 Å². The standard InChI is InChI=1S/C9H12N4O2/c1-12-2-3-13(6-8(12)15)9-10-4-7(14)5-11-9/h4-5,14H,2-3,6H2,1H3. The van der Waals surface area contributed by atoms with Crippen molar-refractivity contribution < 1.29 is 9.90 Å². The van der Waals surface area contributed by atoms with Crippen LogP contribution in [0.2, 0.25) is 0 Å². The summed E-state index contributed by atoms with van der Waals surface area (Å²) in [7, 11) is 1.78. The Labute approximate surface area is 87.2 Å². The fourth-order valence-corrected chi connectivity index (χ4v) is 1.41. The highest BCUT2D eigenvalue weighted by molar-refractivity contribution is 5.81. The molecule has 6 heteroatoms. The molecule has 0 unspecified atom stereocenters. The van der Waals surface area contributed by atoms with Crippen LogP contribution < -0.4 is 4.90 Å². The molecule has 1 aliphatic heterocycles. The zero-order chi connectivity index (χ0) is 10.8. The second kappa shape index (κ2) is 3.72. The number of hydrogen-bond donors (Lipinski definition) is 1. The fraction of sp³-hybridized carbons (Fsp3) is 0.444. The average Bonchev–Trinajstić information content (AvgIpc) is 2.23. The van der Waals surface area contributed by atoms with Crippen molar-refractivity contribution in [3.05, 3.63) is 12.4 Å². The van der Waals surface area contributed by atoms with Crippen molar-refractivity contribution >= 4 is 11.9 Å². The molecular weight excluding hydrogens is 196 g/mol. The van der Waals surface area contributed by atoms with E-state index in [2.05, 4.69) is 9.97 Å². The summed E-state index contributed by atoms with van der Waals surface area (Å²) in [5, 5.41) is 9.03. The Morgan fingerprint density at radius 3 is 2.60 bits per heavy atom. The molecule has 1 N–H and O–H groups in total. The molecular formula is C9H12N4O2. The van der Waals surface area contributed by atoms with Gasteiger partial charge in [-0.1, -0.05) is 0 Å². The fourth-order valence-electron chi connectivity index (χ4n) is 1.41. The lowest BCUT2D eigenvalue weighted by atomic mass is 10.3.